The first-order valence-electron chi connectivity index (χ1n) is 13.3. The minimum absolute atomic E-state index is 0.0378. The number of hydrogen-bond acceptors (Lipinski definition) is 9. The number of hydrogen-bond donors (Lipinski definition) is 0. The molecular formula is C26H35ClN6O5S. The van der Waals surface area contributed by atoms with Crippen LogP contribution in [0.25, 0.3) is 0 Å². The molecule has 0 spiro atoms. The lowest BCUT2D eigenvalue weighted by Crippen LogP contribution is -2.47. The lowest BCUT2D eigenvalue weighted by molar-refractivity contribution is 0.0302. The van der Waals surface area contributed by atoms with Gasteiger partial charge in [0.25, 0.3) is 5.91 Å². The Bertz CT molecular complexity index is 1240. The van der Waals surface area contributed by atoms with Crippen molar-refractivity contribution >= 4 is 33.5 Å². The topological polar surface area (TPSA) is 108 Å². The normalized spacial score (nSPS) is 20.3. The number of amides is 1. The van der Waals surface area contributed by atoms with Crippen molar-refractivity contribution in [3.63, 3.8) is 0 Å². The van der Waals surface area contributed by atoms with Crippen LogP contribution in [0.4, 0.5) is 5.95 Å². The lowest BCUT2D eigenvalue weighted by Gasteiger charge is -2.33. The fourth-order valence-electron chi connectivity index (χ4n) is 5.11. The van der Waals surface area contributed by atoms with E-state index in [1.807, 2.05) is 18.2 Å². The largest absolute Gasteiger partial charge is 0.489 e. The smallest absolute Gasteiger partial charge is 0.257 e. The molecule has 1 aromatic heterocycles. The van der Waals surface area contributed by atoms with Gasteiger partial charge in [0.15, 0.2) is 0 Å². The van der Waals surface area contributed by atoms with Crippen molar-refractivity contribution in [2.75, 3.05) is 76.7 Å². The zero-order valence-electron chi connectivity index (χ0n) is 22.2. The number of sulfonamides is 1. The fourth-order valence-corrected chi connectivity index (χ4v) is 6.19. The Morgan fingerprint density at radius 2 is 1.69 bits per heavy atom. The summed E-state index contributed by atoms with van der Waals surface area (Å²) in [4.78, 5) is 27.6. The molecule has 0 atom stereocenters. The number of benzene rings is 1. The van der Waals surface area contributed by atoms with E-state index < -0.39 is 10.0 Å². The van der Waals surface area contributed by atoms with Crippen molar-refractivity contribution in [3.05, 3.63) is 46.7 Å². The van der Waals surface area contributed by atoms with E-state index in [9.17, 15) is 13.2 Å². The molecule has 0 bridgehead atoms. The van der Waals surface area contributed by atoms with E-state index in [4.69, 9.17) is 21.1 Å². The number of anilines is 1. The van der Waals surface area contributed by atoms with Crippen LogP contribution < -0.4 is 9.64 Å². The molecule has 0 unspecified atom stereocenters. The average molecular weight is 579 g/mol. The first-order chi connectivity index (χ1) is 18.8. The van der Waals surface area contributed by atoms with Crippen LogP contribution in [0.2, 0.25) is 5.02 Å². The number of aromatic nitrogens is 2. The third kappa shape index (κ3) is 7.17. The highest BCUT2D eigenvalue weighted by molar-refractivity contribution is 7.88. The standard InChI is InChI=1S/C26H35ClN6O5S/c1-39(35,36)33-10-8-30(9-11-33)19-20-2-3-24(23(27)16-20)38-22-4-6-32(7-5-22)26-28-17-21(18-29-26)25(34)31-12-14-37-15-13-31/h2-3,16-18,22H,4-15,19H2,1H3. The highest BCUT2D eigenvalue weighted by Gasteiger charge is 2.26. The van der Waals surface area contributed by atoms with Gasteiger partial charge in [-0.05, 0) is 17.7 Å². The second kappa shape index (κ2) is 12.3. The summed E-state index contributed by atoms with van der Waals surface area (Å²) < 4.78 is 36.5. The third-order valence-corrected chi connectivity index (χ3v) is 9.00. The molecule has 11 nitrogen and oxygen atoms in total. The van der Waals surface area contributed by atoms with E-state index in [1.165, 1.54) is 10.6 Å². The molecule has 3 saturated heterocycles. The Morgan fingerprint density at radius 3 is 2.31 bits per heavy atom. The van der Waals surface area contributed by atoms with E-state index in [1.54, 1.807) is 17.3 Å². The molecule has 5 rings (SSSR count). The molecule has 0 saturated carbocycles. The lowest BCUT2D eigenvalue weighted by atomic mass is 10.1. The SMILES string of the molecule is CS(=O)(=O)N1CCN(Cc2ccc(OC3CCN(c4ncc(C(=O)N5CCOCC5)cn4)CC3)c(Cl)c2)CC1. The van der Waals surface area contributed by atoms with Gasteiger partial charge in [0.05, 0.1) is 30.1 Å². The molecule has 0 aliphatic carbocycles. The predicted octanol–water partition coefficient (Wildman–Crippen LogP) is 1.73. The van der Waals surface area contributed by atoms with Gasteiger partial charge < -0.3 is 19.3 Å². The first-order valence-corrected chi connectivity index (χ1v) is 15.6. The summed E-state index contributed by atoms with van der Waals surface area (Å²) in [5, 5.41) is 0.577. The quantitative estimate of drug-likeness (QED) is 0.485. The highest BCUT2D eigenvalue weighted by atomic mass is 35.5. The van der Waals surface area contributed by atoms with Gasteiger partial charge in [0, 0.05) is 84.1 Å². The molecule has 3 aliphatic rings. The van der Waals surface area contributed by atoms with Gasteiger partial charge in [0.2, 0.25) is 16.0 Å². The summed E-state index contributed by atoms with van der Waals surface area (Å²) in [5.41, 5.74) is 1.57. The van der Waals surface area contributed by atoms with E-state index in [0.717, 1.165) is 31.5 Å². The van der Waals surface area contributed by atoms with Gasteiger partial charge in [-0.1, -0.05) is 17.7 Å². The van der Waals surface area contributed by atoms with Crippen LogP contribution in [0.3, 0.4) is 0 Å². The molecule has 2 aromatic rings. The zero-order chi connectivity index (χ0) is 27.4. The second-order valence-corrected chi connectivity index (χ2v) is 12.6. The number of piperazine rings is 1. The molecule has 39 heavy (non-hydrogen) atoms. The van der Waals surface area contributed by atoms with E-state index in [0.29, 0.717) is 81.3 Å². The van der Waals surface area contributed by atoms with Crippen LogP contribution >= 0.6 is 11.6 Å². The minimum Gasteiger partial charge on any atom is -0.489 e. The molecule has 13 heteroatoms. The van der Waals surface area contributed by atoms with Crippen molar-refractivity contribution in [1.82, 2.24) is 24.1 Å². The van der Waals surface area contributed by atoms with Crippen molar-refractivity contribution < 1.29 is 22.7 Å². The molecule has 0 radical (unpaired) electrons. The number of carbonyl (C=O) groups excluding carboxylic acids is 1. The molecule has 212 valence electrons. The van der Waals surface area contributed by atoms with E-state index in [-0.39, 0.29) is 12.0 Å². The third-order valence-electron chi connectivity index (χ3n) is 7.40. The van der Waals surface area contributed by atoms with Crippen LogP contribution in [0, 0.1) is 0 Å². The molecule has 1 amide bonds. The first kappa shape index (κ1) is 28.0. The van der Waals surface area contributed by atoms with E-state index >= 15 is 0 Å². The average Bonchev–Trinajstić information content (AvgIpc) is 2.95. The Hall–Kier alpha value is -2.51. The van der Waals surface area contributed by atoms with Gasteiger partial charge in [-0.25, -0.2) is 18.4 Å². The maximum atomic E-state index is 12.6. The number of nitrogens with zero attached hydrogens (tertiary/aromatic N) is 6. The minimum atomic E-state index is -3.14. The van der Waals surface area contributed by atoms with Gasteiger partial charge >= 0.3 is 0 Å². The maximum absolute atomic E-state index is 12.6. The monoisotopic (exact) mass is 578 g/mol. The van der Waals surface area contributed by atoms with Crippen LogP contribution in [0.15, 0.2) is 30.6 Å². The van der Waals surface area contributed by atoms with Crippen LogP contribution in [0.5, 0.6) is 5.75 Å². The number of morpholine rings is 1. The summed E-state index contributed by atoms with van der Waals surface area (Å²) in [7, 11) is -3.14. The molecule has 3 aliphatic heterocycles. The molecule has 4 heterocycles. The van der Waals surface area contributed by atoms with Crippen LogP contribution in [-0.4, -0.2) is 116 Å². The zero-order valence-corrected chi connectivity index (χ0v) is 23.7. The van der Waals surface area contributed by atoms with Crippen molar-refractivity contribution in [1.29, 1.82) is 0 Å². The Morgan fingerprint density at radius 1 is 1.03 bits per heavy atom. The summed E-state index contributed by atoms with van der Waals surface area (Å²) in [6.07, 6.45) is 6.12. The number of piperidine rings is 1. The molecule has 0 N–H and O–H groups in total. The molecular weight excluding hydrogens is 544 g/mol. The van der Waals surface area contributed by atoms with Crippen molar-refractivity contribution in [2.45, 2.75) is 25.5 Å². The van der Waals surface area contributed by atoms with Crippen molar-refractivity contribution in [2.24, 2.45) is 0 Å². The molecule has 3 fully saturated rings. The summed E-state index contributed by atoms with van der Waals surface area (Å²) >= 11 is 6.57. The van der Waals surface area contributed by atoms with Crippen LogP contribution in [-0.2, 0) is 21.3 Å². The number of halogens is 1. The van der Waals surface area contributed by atoms with Gasteiger partial charge in [-0.2, -0.15) is 4.31 Å². The Kier molecular flexibility index (Phi) is 8.87. The number of carbonyl (C=O) groups is 1. The summed E-state index contributed by atoms with van der Waals surface area (Å²) in [5.74, 6) is 1.23. The number of ether oxygens (including phenoxy) is 2. The summed E-state index contributed by atoms with van der Waals surface area (Å²) in [6, 6.07) is 5.87. The second-order valence-electron chi connectivity index (χ2n) is 10.2. The van der Waals surface area contributed by atoms with Gasteiger partial charge in [0.1, 0.15) is 11.9 Å². The van der Waals surface area contributed by atoms with Gasteiger partial charge in [-0.15, -0.1) is 0 Å². The number of rotatable bonds is 7. The van der Waals surface area contributed by atoms with Crippen LogP contribution in [0.1, 0.15) is 28.8 Å². The highest BCUT2D eigenvalue weighted by Crippen LogP contribution is 2.29. The molecule has 1 aromatic carbocycles. The van der Waals surface area contributed by atoms with E-state index in [2.05, 4.69) is 19.8 Å². The fraction of sp³-hybridized carbons (Fsp3) is 0.577. The predicted molar refractivity (Wildman–Crippen MR) is 148 cm³/mol. The maximum Gasteiger partial charge on any atom is 0.257 e. The summed E-state index contributed by atoms with van der Waals surface area (Å²) in [6.45, 7) is 6.91. The van der Waals surface area contributed by atoms with Crippen molar-refractivity contribution in [3.8, 4) is 5.75 Å². The van der Waals surface area contributed by atoms with Gasteiger partial charge in [-0.3, -0.25) is 9.69 Å². The Labute approximate surface area is 234 Å². The Balaban J connectivity index is 1.09.